The molecule has 0 rings (SSSR count). The zero-order valence-corrected chi connectivity index (χ0v) is 4.91. The molecule has 0 bridgehead atoms. The van der Waals surface area contributed by atoms with Crippen LogP contribution in [-0.2, 0) is 23.6 Å². The molecule has 3 heteroatoms. The number of rotatable bonds is 0. The van der Waals surface area contributed by atoms with Crippen LogP contribution in [0.5, 0.6) is 0 Å². The van der Waals surface area contributed by atoms with E-state index in [9.17, 15) is 0 Å². The Bertz CT molecular complexity index is 54.4. The van der Waals surface area contributed by atoms with E-state index in [4.69, 9.17) is 6.94 Å². The van der Waals surface area contributed by atoms with Crippen LogP contribution in [0, 0.1) is 0 Å². The molecule has 0 fully saturated rings. The topological polar surface area (TPSA) is 34.1 Å². The second-order valence-electron chi connectivity index (χ2n) is 0.372. The van der Waals surface area contributed by atoms with Crippen molar-refractivity contribution < 1.29 is 23.6 Å². The summed E-state index contributed by atoms with van der Waals surface area (Å²) in [7, 11) is 0. The third kappa shape index (κ3) is 52.4. The first kappa shape index (κ1) is 4.26. The van der Waals surface area contributed by atoms with Crippen molar-refractivity contribution >= 4 is 0 Å². The molecule has 26 valence electrons. The van der Waals surface area contributed by atoms with Crippen LogP contribution in [-0.4, -0.2) is 0 Å². The van der Waals surface area contributed by atoms with Gasteiger partial charge in [-0.2, -0.15) is 0 Å². The summed E-state index contributed by atoms with van der Waals surface area (Å²) >= 11 is -2.96. The summed E-state index contributed by atoms with van der Waals surface area (Å²) in [5, 5.41) is 1.24. The summed E-state index contributed by atoms with van der Waals surface area (Å²) in [5.41, 5.74) is 0. The molecule has 4 heavy (non-hydrogen) atoms. The Labute approximate surface area is 29.7 Å². The first-order chi connectivity index (χ1) is 1.73. The van der Waals surface area contributed by atoms with E-state index in [-0.39, 0.29) is 0 Å². The molecular formula is CH3O2Re. The van der Waals surface area contributed by atoms with Gasteiger partial charge in [0.25, 0.3) is 0 Å². The molecule has 0 aliphatic carbocycles. The maximum atomic E-state index is 9.16. The molecule has 0 heterocycles. The van der Waals surface area contributed by atoms with Gasteiger partial charge in [0.05, 0.1) is 0 Å². The zero-order chi connectivity index (χ0) is 3.58. The van der Waals surface area contributed by atoms with Crippen molar-refractivity contribution in [3.63, 3.8) is 0 Å². The first-order valence-electron chi connectivity index (χ1n) is 0.687. The summed E-state index contributed by atoms with van der Waals surface area (Å²) < 4.78 is 18.3. The van der Waals surface area contributed by atoms with Gasteiger partial charge in [-0.05, 0) is 0 Å². The van der Waals surface area contributed by atoms with E-state index in [1.54, 1.807) is 0 Å². The molecular weight excluding hydrogens is 230 g/mol. The van der Waals surface area contributed by atoms with E-state index in [1.807, 2.05) is 0 Å². The fraction of sp³-hybridized carbons (Fsp3) is 1.00. The fourth-order valence-electron chi connectivity index (χ4n) is 0. The molecule has 0 N–H and O–H groups in total. The van der Waals surface area contributed by atoms with Crippen molar-refractivity contribution in [2.24, 2.45) is 0 Å². The van der Waals surface area contributed by atoms with Gasteiger partial charge in [-0.15, -0.1) is 0 Å². The van der Waals surface area contributed by atoms with Gasteiger partial charge in [0.2, 0.25) is 0 Å². The van der Waals surface area contributed by atoms with Gasteiger partial charge in [0, 0.05) is 0 Å². The van der Waals surface area contributed by atoms with E-state index in [1.165, 1.54) is 5.40 Å². The quantitative estimate of drug-likeness (QED) is 0.605. The van der Waals surface area contributed by atoms with E-state index >= 15 is 0 Å². The van der Waals surface area contributed by atoms with Gasteiger partial charge < -0.3 is 0 Å². The minimum atomic E-state index is -2.96. The zero-order valence-electron chi connectivity index (χ0n) is 2.19. The average molecular weight is 233 g/mol. The van der Waals surface area contributed by atoms with Crippen molar-refractivity contribution in [2.75, 3.05) is 0 Å². The second kappa shape index (κ2) is 1.57. The predicted molar refractivity (Wildman–Crippen MR) is 7.24 cm³/mol. The van der Waals surface area contributed by atoms with Crippen LogP contribution in [0.1, 0.15) is 0 Å². The summed E-state index contributed by atoms with van der Waals surface area (Å²) in [6.45, 7) is 0. The summed E-state index contributed by atoms with van der Waals surface area (Å²) in [5.74, 6) is 0. The van der Waals surface area contributed by atoms with Crippen LogP contribution in [0.3, 0.4) is 0 Å². The van der Waals surface area contributed by atoms with Crippen molar-refractivity contribution in [3.05, 3.63) is 0 Å². The monoisotopic (exact) mass is 234 g/mol. The minimum absolute atomic E-state index is 1.24. The van der Waals surface area contributed by atoms with Crippen molar-refractivity contribution in [1.82, 2.24) is 0 Å². The number of hydrogen-bond acceptors (Lipinski definition) is 2. The van der Waals surface area contributed by atoms with Crippen molar-refractivity contribution in [2.45, 2.75) is 5.40 Å². The molecule has 0 saturated carbocycles. The van der Waals surface area contributed by atoms with Gasteiger partial charge in [-0.25, -0.2) is 0 Å². The van der Waals surface area contributed by atoms with Crippen molar-refractivity contribution in [3.8, 4) is 0 Å². The Morgan fingerprint density at radius 3 is 1.50 bits per heavy atom. The molecule has 0 radical (unpaired) electrons. The van der Waals surface area contributed by atoms with Gasteiger partial charge in [0.15, 0.2) is 0 Å². The first-order valence-corrected chi connectivity index (χ1v) is 5.62. The summed E-state index contributed by atoms with van der Waals surface area (Å²) in [4.78, 5) is 0. The van der Waals surface area contributed by atoms with Crippen molar-refractivity contribution in [1.29, 1.82) is 0 Å². The van der Waals surface area contributed by atoms with Crippen LogP contribution in [0.2, 0.25) is 5.40 Å². The van der Waals surface area contributed by atoms with Gasteiger partial charge in [0.1, 0.15) is 0 Å². The van der Waals surface area contributed by atoms with E-state index < -0.39 is 16.7 Å². The van der Waals surface area contributed by atoms with Crippen LogP contribution >= 0.6 is 0 Å². The Hall–Kier alpha value is 0.262. The normalized spacial score (nSPS) is 8.50. The van der Waals surface area contributed by atoms with Gasteiger partial charge in [-0.1, -0.05) is 0 Å². The molecule has 0 aliphatic heterocycles. The standard InChI is InChI=1S/CH3.2O.Re/h1H3;;;. The van der Waals surface area contributed by atoms with Crippen LogP contribution in [0.15, 0.2) is 0 Å². The summed E-state index contributed by atoms with van der Waals surface area (Å²) in [6.07, 6.45) is 0. The van der Waals surface area contributed by atoms with Crippen LogP contribution in [0.25, 0.3) is 0 Å². The molecule has 0 atom stereocenters. The van der Waals surface area contributed by atoms with Gasteiger partial charge in [-0.3, -0.25) is 0 Å². The number of hydrogen-bond donors (Lipinski definition) is 0. The van der Waals surface area contributed by atoms with E-state index in [2.05, 4.69) is 0 Å². The fourth-order valence-corrected chi connectivity index (χ4v) is 0. The van der Waals surface area contributed by atoms with E-state index in [0.717, 1.165) is 0 Å². The van der Waals surface area contributed by atoms with Crippen LogP contribution < -0.4 is 0 Å². The molecule has 0 spiro atoms. The molecule has 0 unspecified atom stereocenters. The molecule has 0 amide bonds. The third-order valence-electron chi connectivity index (χ3n) is 0. The van der Waals surface area contributed by atoms with E-state index in [0.29, 0.717) is 0 Å². The summed E-state index contributed by atoms with van der Waals surface area (Å²) in [6, 6.07) is 0. The maximum absolute atomic E-state index is 9.16. The second-order valence-corrected chi connectivity index (χ2v) is 3.04. The Morgan fingerprint density at radius 1 is 1.50 bits per heavy atom. The SMILES string of the molecule is [CH3][Re](=[O])=[O]. The Kier molecular flexibility index (Phi) is 1.67. The Morgan fingerprint density at radius 2 is 1.50 bits per heavy atom. The molecule has 0 saturated heterocycles. The average Bonchev–Trinajstić information content (AvgIpc) is 0.811. The Balaban J connectivity index is 3.51. The third-order valence-corrected chi connectivity index (χ3v) is 0. The molecule has 0 aliphatic rings. The van der Waals surface area contributed by atoms with Crippen LogP contribution in [0.4, 0.5) is 0 Å². The molecule has 0 aromatic heterocycles. The predicted octanol–water partition coefficient (Wildman–Crippen LogP) is 0.344. The molecule has 0 aromatic rings. The molecule has 2 nitrogen and oxygen atoms in total. The van der Waals surface area contributed by atoms with Gasteiger partial charge >= 0.3 is 29.0 Å². The molecule has 0 aromatic carbocycles.